The fraction of sp³-hybridized carbons (Fsp3) is 0.458. The molecule has 2 aromatic rings. The van der Waals surface area contributed by atoms with Gasteiger partial charge >= 0.3 is 0 Å². The van der Waals surface area contributed by atoms with E-state index in [1.807, 2.05) is 49.4 Å². The number of nitrogens with one attached hydrogen (secondary N) is 2. The standard InChI is InChI=1S/C24H32N2O3S/c1-17-14-18(2)23(19(3)15-17)30(28,29)26-22(16-20-10-6-4-7-11-20)24(27)25-21-12-8-5-9-13-21/h4,6-7,10-11,14-15,21-22,26H,5,8-9,12-13,16H2,1-3H3,(H,25,27)/t22-/m1/s1. The summed E-state index contributed by atoms with van der Waals surface area (Å²) >= 11 is 0. The summed E-state index contributed by atoms with van der Waals surface area (Å²) < 4.78 is 29.3. The lowest BCUT2D eigenvalue weighted by Gasteiger charge is -2.26. The number of sulfonamides is 1. The second kappa shape index (κ2) is 9.75. The first-order valence-electron chi connectivity index (χ1n) is 10.7. The predicted molar refractivity (Wildman–Crippen MR) is 120 cm³/mol. The van der Waals surface area contributed by atoms with Crippen LogP contribution in [0.15, 0.2) is 47.4 Å². The van der Waals surface area contributed by atoms with Crippen LogP contribution in [0.3, 0.4) is 0 Å². The Kier molecular flexibility index (Phi) is 7.32. The largest absolute Gasteiger partial charge is 0.352 e. The second-order valence-electron chi connectivity index (χ2n) is 8.43. The minimum atomic E-state index is -3.85. The van der Waals surface area contributed by atoms with Crippen molar-refractivity contribution in [2.45, 2.75) is 76.3 Å². The molecule has 0 aliphatic heterocycles. The number of carbonyl (C=O) groups is 1. The van der Waals surface area contributed by atoms with Crippen LogP contribution in [0.5, 0.6) is 0 Å². The summed E-state index contributed by atoms with van der Waals surface area (Å²) in [7, 11) is -3.85. The molecule has 162 valence electrons. The highest BCUT2D eigenvalue weighted by molar-refractivity contribution is 7.89. The third-order valence-electron chi connectivity index (χ3n) is 5.72. The third-order valence-corrected chi connectivity index (χ3v) is 7.50. The van der Waals surface area contributed by atoms with Gasteiger partial charge in [0.15, 0.2) is 0 Å². The molecule has 0 heterocycles. The van der Waals surface area contributed by atoms with Gasteiger partial charge in [-0.15, -0.1) is 0 Å². The normalized spacial score (nSPS) is 16.2. The summed E-state index contributed by atoms with van der Waals surface area (Å²) in [5, 5.41) is 3.09. The van der Waals surface area contributed by atoms with Crippen LogP contribution in [-0.4, -0.2) is 26.4 Å². The van der Waals surface area contributed by atoms with E-state index < -0.39 is 16.1 Å². The van der Waals surface area contributed by atoms with Crippen LogP contribution in [0.1, 0.15) is 54.4 Å². The Labute approximate surface area is 180 Å². The highest BCUT2D eigenvalue weighted by Gasteiger charge is 2.29. The van der Waals surface area contributed by atoms with E-state index in [9.17, 15) is 13.2 Å². The van der Waals surface area contributed by atoms with Crippen molar-refractivity contribution < 1.29 is 13.2 Å². The third kappa shape index (κ3) is 5.70. The molecule has 0 unspecified atom stereocenters. The topological polar surface area (TPSA) is 75.3 Å². The monoisotopic (exact) mass is 428 g/mol. The molecule has 30 heavy (non-hydrogen) atoms. The van der Waals surface area contributed by atoms with Crippen molar-refractivity contribution in [3.8, 4) is 0 Å². The van der Waals surface area contributed by atoms with Crippen molar-refractivity contribution in [2.75, 3.05) is 0 Å². The number of aryl methyl sites for hydroxylation is 3. The molecule has 1 atom stereocenters. The van der Waals surface area contributed by atoms with Gasteiger partial charge in [-0.1, -0.05) is 67.3 Å². The highest BCUT2D eigenvalue weighted by atomic mass is 32.2. The van der Waals surface area contributed by atoms with Crippen LogP contribution < -0.4 is 10.0 Å². The first-order valence-corrected chi connectivity index (χ1v) is 12.2. The maximum Gasteiger partial charge on any atom is 0.241 e. The molecule has 0 saturated heterocycles. The van der Waals surface area contributed by atoms with Gasteiger partial charge in [0.1, 0.15) is 6.04 Å². The van der Waals surface area contributed by atoms with Crippen molar-refractivity contribution in [1.29, 1.82) is 0 Å². The molecule has 5 nitrogen and oxygen atoms in total. The summed E-state index contributed by atoms with van der Waals surface area (Å²) in [5.74, 6) is -0.253. The minimum absolute atomic E-state index is 0.122. The van der Waals surface area contributed by atoms with E-state index in [0.29, 0.717) is 17.5 Å². The van der Waals surface area contributed by atoms with Crippen LogP contribution in [0.2, 0.25) is 0 Å². The quantitative estimate of drug-likeness (QED) is 0.701. The summed E-state index contributed by atoms with van der Waals surface area (Å²) in [6, 6.07) is 12.5. The van der Waals surface area contributed by atoms with Crippen LogP contribution in [0, 0.1) is 20.8 Å². The van der Waals surface area contributed by atoms with Crippen molar-refractivity contribution in [3.05, 3.63) is 64.7 Å². The Morgan fingerprint density at radius 2 is 1.60 bits per heavy atom. The first-order chi connectivity index (χ1) is 14.3. The minimum Gasteiger partial charge on any atom is -0.352 e. The first kappa shape index (κ1) is 22.5. The Balaban J connectivity index is 1.86. The molecule has 0 bridgehead atoms. The van der Waals surface area contributed by atoms with E-state index in [4.69, 9.17) is 0 Å². The smallest absolute Gasteiger partial charge is 0.241 e. The van der Waals surface area contributed by atoms with Crippen LogP contribution >= 0.6 is 0 Å². The fourth-order valence-electron chi connectivity index (χ4n) is 4.42. The van der Waals surface area contributed by atoms with Gasteiger partial charge in [-0.05, 0) is 56.7 Å². The van der Waals surface area contributed by atoms with E-state index in [-0.39, 0.29) is 16.8 Å². The molecule has 2 aromatic carbocycles. The zero-order valence-corrected chi connectivity index (χ0v) is 18.9. The molecule has 2 N–H and O–H groups in total. The van der Waals surface area contributed by atoms with Crippen LogP contribution in [0.4, 0.5) is 0 Å². The summed E-state index contributed by atoms with van der Waals surface area (Å²) in [6.07, 6.45) is 5.60. The summed E-state index contributed by atoms with van der Waals surface area (Å²) in [5.41, 5.74) is 3.30. The molecule has 1 saturated carbocycles. The maximum atomic E-state index is 13.3. The molecule has 0 aromatic heterocycles. The second-order valence-corrected chi connectivity index (χ2v) is 10.1. The average Bonchev–Trinajstić information content (AvgIpc) is 2.68. The molecule has 1 amide bonds. The predicted octanol–water partition coefficient (Wildman–Crippen LogP) is 3.95. The van der Waals surface area contributed by atoms with Gasteiger partial charge in [0.2, 0.25) is 15.9 Å². The van der Waals surface area contributed by atoms with Gasteiger partial charge in [0.25, 0.3) is 0 Å². The summed E-state index contributed by atoms with van der Waals surface area (Å²) in [6.45, 7) is 5.53. The molecule has 1 aliphatic rings. The zero-order chi connectivity index (χ0) is 21.7. The van der Waals surface area contributed by atoms with Crippen molar-refractivity contribution in [1.82, 2.24) is 10.0 Å². The van der Waals surface area contributed by atoms with Gasteiger partial charge < -0.3 is 5.32 Å². The van der Waals surface area contributed by atoms with Gasteiger partial charge in [0.05, 0.1) is 4.90 Å². The van der Waals surface area contributed by atoms with Gasteiger partial charge in [-0.2, -0.15) is 4.72 Å². The fourth-order valence-corrected chi connectivity index (χ4v) is 6.07. The number of amides is 1. The van der Waals surface area contributed by atoms with E-state index >= 15 is 0 Å². The van der Waals surface area contributed by atoms with Gasteiger partial charge in [-0.3, -0.25) is 4.79 Å². The Morgan fingerprint density at radius 3 is 2.20 bits per heavy atom. The SMILES string of the molecule is Cc1cc(C)c(S(=O)(=O)N[C@H](Cc2ccccc2)C(=O)NC2CCCCC2)c(C)c1. The molecule has 0 radical (unpaired) electrons. The Morgan fingerprint density at radius 1 is 1.00 bits per heavy atom. The number of hydrogen-bond donors (Lipinski definition) is 2. The Hall–Kier alpha value is -2.18. The van der Waals surface area contributed by atoms with E-state index in [2.05, 4.69) is 10.0 Å². The number of carbonyl (C=O) groups excluding carboxylic acids is 1. The lowest BCUT2D eigenvalue weighted by atomic mass is 9.95. The van der Waals surface area contributed by atoms with Gasteiger partial charge in [-0.25, -0.2) is 8.42 Å². The van der Waals surface area contributed by atoms with Crippen molar-refractivity contribution >= 4 is 15.9 Å². The lowest BCUT2D eigenvalue weighted by Crippen LogP contribution is -2.51. The molecule has 6 heteroatoms. The van der Waals surface area contributed by atoms with Crippen molar-refractivity contribution in [2.24, 2.45) is 0 Å². The molecule has 1 aliphatic carbocycles. The molecular weight excluding hydrogens is 396 g/mol. The number of hydrogen-bond acceptors (Lipinski definition) is 3. The van der Waals surface area contributed by atoms with E-state index in [1.54, 1.807) is 13.8 Å². The summed E-state index contributed by atoms with van der Waals surface area (Å²) in [4.78, 5) is 13.4. The number of rotatable bonds is 7. The highest BCUT2D eigenvalue weighted by Crippen LogP contribution is 2.23. The number of benzene rings is 2. The Bertz CT molecular complexity index is 958. The van der Waals surface area contributed by atoms with Crippen molar-refractivity contribution in [3.63, 3.8) is 0 Å². The van der Waals surface area contributed by atoms with Gasteiger partial charge in [0, 0.05) is 6.04 Å². The zero-order valence-electron chi connectivity index (χ0n) is 18.1. The molecule has 3 rings (SSSR count). The molecular formula is C24H32N2O3S. The average molecular weight is 429 g/mol. The lowest BCUT2D eigenvalue weighted by molar-refractivity contribution is -0.123. The maximum absolute atomic E-state index is 13.3. The van der Waals surface area contributed by atoms with E-state index in [0.717, 1.165) is 36.8 Å². The van der Waals surface area contributed by atoms with Crippen LogP contribution in [0.25, 0.3) is 0 Å². The molecule has 0 spiro atoms. The van der Waals surface area contributed by atoms with E-state index in [1.165, 1.54) is 6.42 Å². The van der Waals surface area contributed by atoms with Crippen LogP contribution in [-0.2, 0) is 21.2 Å². The molecule has 1 fully saturated rings.